The molecule has 0 aromatic heterocycles. The number of amides is 1. The second-order valence-corrected chi connectivity index (χ2v) is 6.96. The zero-order valence-corrected chi connectivity index (χ0v) is 16.8. The Balaban J connectivity index is 1.41. The molecule has 1 amide bonds. The van der Waals surface area contributed by atoms with Crippen LogP contribution in [0.25, 0.3) is 0 Å². The third-order valence-corrected chi connectivity index (χ3v) is 4.80. The molecule has 1 saturated heterocycles. The summed E-state index contributed by atoms with van der Waals surface area (Å²) in [4.78, 5) is 16.7. The maximum absolute atomic E-state index is 12.2. The van der Waals surface area contributed by atoms with Gasteiger partial charge in [0.2, 0.25) is 0 Å². The molecule has 1 aliphatic heterocycles. The minimum absolute atomic E-state index is 0.0156. The quantitative estimate of drug-likeness (QED) is 0.528. The van der Waals surface area contributed by atoms with Crippen molar-refractivity contribution < 1.29 is 14.6 Å². The van der Waals surface area contributed by atoms with Gasteiger partial charge in [0.1, 0.15) is 0 Å². The predicted molar refractivity (Wildman–Crippen MR) is 113 cm³/mol. The standard InChI is InChI=1S/C22H28N4O3/c1-2-29-20-10-6-9-19(22(20)28)15-23-24-21(27)17-26-13-11-25(12-14-26)16-18-7-4-3-5-8-18/h3-10,15,28H,2,11-14,16-17H2,1H3,(H,24,27)/b23-15-. The average molecular weight is 396 g/mol. The third-order valence-electron chi connectivity index (χ3n) is 4.80. The first kappa shape index (κ1) is 20.8. The molecule has 0 spiro atoms. The van der Waals surface area contributed by atoms with Crippen molar-refractivity contribution in [3.8, 4) is 11.5 Å². The van der Waals surface area contributed by atoms with Gasteiger partial charge in [-0.2, -0.15) is 5.10 Å². The summed E-state index contributed by atoms with van der Waals surface area (Å²) in [7, 11) is 0. The Bertz CT molecular complexity index is 818. The van der Waals surface area contributed by atoms with Crippen molar-refractivity contribution in [2.45, 2.75) is 13.5 Å². The van der Waals surface area contributed by atoms with Crippen molar-refractivity contribution in [3.63, 3.8) is 0 Å². The summed E-state index contributed by atoms with van der Waals surface area (Å²) in [5.41, 5.74) is 4.33. The Morgan fingerprint density at radius 2 is 1.83 bits per heavy atom. The van der Waals surface area contributed by atoms with E-state index >= 15 is 0 Å². The predicted octanol–water partition coefficient (Wildman–Crippen LogP) is 2.06. The molecular formula is C22H28N4O3. The minimum Gasteiger partial charge on any atom is -0.504 e. The lowest BCUT2D eigenvalue weighted by atomic mass is 10.2. The van der Waals surface area contributed by atoms with E-state index < -0.39 is 0 Å². The number of phenolic OH excluding ortho intramolecular Hbond substituents is 1. The summed E-state index contributed by atoms with van der Waals surface area (Å²) in [6, 6.07) is 15.6. The molecule has 154 valence electrons. The molecule has 2 aromatic rings. The maximum atomic E-state index is 12.2. The van der Waals surface area contributed by atoms with E-state index in [2.05, 4.69) is 44.6 Å². The number of carbonyl (C=O) groups is 1. The summed E-state index contributed by atoms with van der Waals surface area (Å²) < 4.78 is 5.34. The van der Waals surface area contributed by atoms with Crippen molar-refractivity contribution in [3.05, 3.63) is 59.7 Å². The van der Waals surface area contributed by atoms with Gasteiger partial charge in [0.15, 0.2) is 11.5 Å². The Morgan fingerprint density at radius 1 is 1.10 bits per heavy atom. The van der Waals surface area contributed by atoms with Crippen LogP contribution in [0.15, 0.2) is 53.6 Å². The van der Waals surface area contributed by atoms with Gasteiger partial charge in [-0.25, -0.2) is 5.43 Å². The Morgan fingerprint density at radius 3 is 2.55 bits per heavy atom. The molecule has 2 aromatic carbocycles. The fourth-order valence-corrected chi connectivity index (χ4v) is 3.27. The highest BCUT2D eigenvalue weighted by Crippen LogP contribution is 2.28. The number of ether oxygens (including phenoxy) is 1. The van der Waals surface area contributed by atoms with Gasteiger partial charge >= 0.3 is 0 Å². The number of phenols is 1. The van der Waals surface area contributed by atoms with Crippen molar-refractivity contribution in [2.24, 2.45) is 5.10 Å². The number of hydrazone groups is 1. The number of piperazine rings is 1. The number of carbonyl (C=O) groups excluding carboxylic acids is 1. The third kappa shape index (κ3) is 6.30. The number of para-hydroxylation sites is 1. The SMILES string of the molecule is CCOc1cccc(/C=N\NC(=O)CN2CCN(Cc3ccccc3)CC2)c1O. The van der Waals surface area contributed by atoms with Crippen LogP contribution in [0.5, 0.6) is 11.5 Å². The summed E-state index contributed by atoms with van der Waals surface area (Å²) >= 11 is 0. The molecule has 0 aliphatic carbocycles. The van der Waals surface area contributed by atoms with Gasteiger partial charge < -0.3 is 9.84 Å². The lowest BCUT2D eigenvalue weighted by molar-refractivity contribution is -0.122. The van der Waals surface area contributed by atoms with Crippen molar-refractivity contribution in [2.75, 3.05) is 39.3 Å². The van der Waals surface area contributed by atoms with E-state index in [4.69, 9.17) is 4.74 Å². The maximum Gasteiger partial charge on any atom is 0.254 e. The van der Waals surface area contributed by atoms with Gasteiger partial charge in [-0.05, 0) is 24.6 Å². The summed E-state index contributed by atoms with van der Waals surface area (Å²) in [5.74, 6) is 0.247. The van der Waals surface area contributed by atoms with E-state index in [1.165, 1.54) is 11.8 Å². The molecule has 0 saturated carbocycles. The van der Waals surface area contributed by atoms with Crippen LogP contribution in [0.4, 0.5) is 0 Å². The van der Waals surface area contributed by atoms with E-state index in [1.807, 2.05) is 13.0 Å². The molecule has 7 nitrogen and oxygen atoms in total. The zero-order chi connectivity index (χ0) is 20.5. The van der Waals surface area contributed by atoms with Gasteiger partial charge in [0.25, 0.3) is 5.91 Å². The average Bonchev–Trinajstić information content (AvgIpc) is 2.73. The van der Waals surface area contributed by atoms with Gasteiger partial charge in [-0.1, -0.05) is 36.4 Å². The van der Waals surface area contributed by atoms with Gasteiger partial charge in [-0.3, -0.25) is 14.6 Å². The molecule has 1 heterocycles. The Labute approximate surface area is 171 Å². The highest BCUT2D eigenvalue weighted by atomic mass is 16.5. The van der Waals surface area contributed by atoms with E-state index in [0.29, 0.717) is 24.5 Å². The van der Waals surface area contributed by atoms with Crippen molar-refractivity contribution in [1.29, 1.82) is 0 Å². The fraction of sp³-hybridized carbons (Fsp3) is 0.364. The van der Waals surface area contributed by atoms with E-state index in [9.17, 15) is 9.90 Å². The van der Waals surface area contributed by atoms with Crippen LogP contribution in [0.1, 0.15) is 18.1 Å². The number of nitrogens with one attached hydrogen (secondary N) is 1. The molecule has 3 rings (SSSR count). The fourth-order valence-electron chi connectivity index (χ4n) is 3.27. The van der Waals surface area contributed by atoms with Crippen LogP contribution in [-0.2, 0) is 11.3 Å². The van der Waals surface area contributed by atoms with Crippen LogP contribution >= 0.6 is 0 Å². The van der Waals surface area contributed by atoms with Crippen LogP contribution in [-0.4, -0.2) is 66.4 Å². The minimum atomic E-state index is -0.168. The first-order valence-corrected chi connectivity index (χ1v) is 9.91. The molecule has 0 unspecified atom stereocenters. The number of benzene rings is 2. The summed E-state index contributed by atoms with van der Waals surface area (Å²) in [5, 5.41) is 14.1. The van der Waals surface area contributed by atoms with E-state index in [1.54, 1.807) is 18.2 Å². The smallest absolute Gasteiger partial charge is 0.254 e. The lowest BCUT2D eigenvalue weighted by Crippen LogP contribution is -2.48. The topological polar surface area (TPSA) is 77.4 Å². The second kappa shape index (κ2) is 10.6. The largest absolute Gasteiger partial charge is 0.504 e. The summed E-state index contributed by atoms with van der Waals surface area (Å²) in [6.07, 6.45) is 1.42. The first-order chi connectivity index (χ1) is 14.2. The van der Waals surface area contributed by atoms with Crippen molar-refractivity contribution in [1.82, 2.24) is 15.2 Å². The van der Waals surface area contributed by atoms with E-state index in [0.717, 1.165) is 32.7 Å². The molecule has 1 aliphatic rings. The first-order valence-electron chi connectivity index (χ1n) is 9.91. The van der Waals surface area contributed by atoms with Crippen LogP contribution in [0.2, 0.25) is 0 Å². The molecule has 29 heavy (non-hydrogen) atoms. The van der Waals surface area contributed by atoms with Crippen molar-refractivity contribution >= 4 is 12.1 Å². The zero-order valence-electron chi connectivity index (χ0n) is 16.8. The van der Waals surface area contributed by atoms with Gasteiger partial charge in [0, 0.05) is 38.3 Å². The highest BCUT2D eigenvalue weighted by Gasteiger charge is 2.18. The molecule has 0 atom stereocenters. The molecule has 2 N–H and O–H groups in total. The number of nitrogens with zero attached hydrogens (tertiary/aromatic N) is 3. The number of aromatic hydroxyl groups is 1. The van der Waals surface area contributed by atoms with Gasteiger partial charge in [0.05, 0.1) is 19.4 Å². The number of hydrogen-bond acceptors (Lipinski definition) is 6. The summed E-state index contributed by atoms with van der Waals surface area (Å²) in [6.45, 7) is 7.12. The van der Waals surface area contributed by atoms with E-state index in [-0.39, 0.29) is 11.7 Å². The van der Waals surface area contributed by atoms with Crippen LogP contribution < -0.4 is 10.2 Å². The molecule has 0 bridgehead atoms. The highest BCUT2D eigenvalue weighted by molar-refractivity contribution is 5.86. The molecule has 1 fully saturated rings. The monoisotopic (exact) mass is 396 g/mol. The second-order valence-electron chi connectivity index (χ2n) is 6.96. The number of rotatable bonds is 8. The normalized spacial score (nSPS) is 15.5. The lowest BCUT2D eigenvalue weighted by Gasteiger charge is -2.34. The Kier molecular flexibility index (Phi) is 7.61. The Hall–Kier alpha value is -2.90. The van der Waals surface area contributed by atoms with Crippen LogP contribution in [0.3, 0.4) is 0 Å². The molecule has 7 heteroatoms. The number of hydrogen-bond donors (Lipinski definition) is 2. The van der Waals surface area contributed by atoms with Crippen LogP contribution in [0, 0.1) is 0 Å². The van der Waals surface area contributed by atoms with Gasteiger partial charge in [-0.15, -0.1) is 0 Å². The molecule has 0 radical (unpaired) electrons. The molecular weight excluding hydrogens is 368 g/mol.